The molecule has 1 aromatic heterocycles. The Kier molecular flexibility index (Phi) is 4.67. The Balaban J connectivity index is 1.62. The number of benzene rings is 3. The van der Waals surface area contributed by atoms with E-state index < -0.39 is 0 Å². The highest BCUT2D eigenvalue weighted by Gasteiger charge is 2.06. The smallest absolute Gasteiger partial charge is 0.161 e. The molecular weight excluding hydrogens is 336 g/mol. The molecule has 4 aromatic rings. The van der Waals surface area contributed by atoms with E-state index in [1.807, 2.05) is 42.5 Å². The molecule has 27 heavy (non-hydrogen) atoms. The van der Waals surface area contributed by atoms with Crippen molar-refractivity contribution in [1.82, 2.24) is 0 Å². The Morgan fingerprint density at radius 3 is 2.15 bits per heavy atom. The molecular formula is C24H20O3. The van der Waals surface area contributed by atoms with E-state index in [1.54, 1.807) is 14.2 Å². The second kappa shape index (κ2) is 7.42. The van der Waals surface area contributed by atoms with Crippen LogP contribution in [0.4, 0.5) is 0 Å². The van der Waals surface area contributed by atoms with Crippen LogP contribution in [0.25, 0.3) is 34.4 Å². The maximum atomic E-state index is 6.04. The van der Waals surface area contributed by atoms with E-state index in [1.165, 1.54) is 0 Å². The fourth-order valence-electron chi connectivity index (χ4n) is 3.05. The summed E-state index contributed by atoms with van der Waals surface area (Å²) in [6.07, 6.45) is 4.11. The fourth-order valence-corrected chi connectivity index (χ4v) is 3.05. The van der Waals surface area contributed by atoms with Crippen molar-refractivity contribution in [3.8, 4) is 22.8 Å². The molecule has 1 heterocycles. The first-order valence-electron chi connectivity index (χ1n) is 8.76. The first-order valence-corrected chi connectivity index (χ1v) is 8.76. The maximum absolute atomic E-state index is 6.04. The quantitative estimate of drug-likeness (QED) is 0.394. The molecule has 0 amide bonds. The highest BCUT2D eigenvalue weighted by Crippen LogP contribution is 2.30. The summed E-state index contributed by atoms with van der Waals surface area (Å²) in [5, 5.41) is 1.09. The summed E-state index contributed by atoms with van der Waals surface area (Å²) in [6.45, 7) is 0. The van der Waals surface area contributed by atoms with Crippen molar-refractivity contribution in [2.75, 3.05) is 14.2 Å². The largest absolute Gasteiger partial charge is 0.493 e. The third kappa shape index (κ3) is 3.58. The van der Waals surface area contributed by atoms with Crippen LogP contribution in [0.2, 0.25) is 0 Å². The second-order valence-corrected chi connectivity index (χ2v) is 6.22. The van der Waals surface area contributed by atoms with Gasteiger partial charge in [-0.05, 0) is 35.4 Å². The van der Waals surface area contributed by atoms with Gasteiger partial charge in [0.25, 0.3) is 0 Å². The van der Waals surface area contributed by atoms with Gasteiger partial charge in [0.05, 0.1) is 14.2 Å². The van der Waals surface area contributed by atoms with Gasteiger partial charge in [-0.2, -0.15) is 0 Å². The third-order valence-corrected chi connectivity index (χ3v) is 4.48. The molecule has 0 atom stereocenters. The summed E-state index contributed by atoms with van der Waals surface area (Å²) in [6, 6.07) is 24.3. The van der Waals surface area contributed by atoms with E-state index in [9.17, 15) is 0 Å². The lowest BCUT2D eigenvalue weighted by Gasteiger charge is -2.07. The Labute approximate surface area is 158 Å². The zero-order valence-corrected chi connectivity index (χ0v) is 15.3. The number of methoxy groups -OCH3 is 2. The molecule has 0 radical (unpaired) electrons. The number of rotatable bonds is 5. The maximum Gasteiger partial charge on any atom is 0.161 e. The molecule has 0 spiro atoms. The molecule has 134 valence electrons. The second-order valence-electron chi connectivity index (χ2n) is 6.22. The van der Waals surface area contributed by atoms with Crippen LogP contribution in [-0.2, 0) is 0 Å². The lowest BCUT2D eigenvalue weighted by atomic mass is 10.1. The first-order chi connectivity index (χ1) is 13.3. The summed E-state index contributed by atoms with van der Waals surface area (Å²) in [4.78, 5) is 0. The molecule has 3 aromatic carbocycles. The third-order valence-electron chi connectivity index (χ3n) is 4.48. The van der Waals surface area contributed by atoms with E-state index in [0.29, 0.717) is 5.75 Å². The van der Waals surface area contributed by atoms with Gasteiger partial charge in [0.1, 0.15) is 11.3 Å². The number of furan rings is 1. The predicted octanol–water partition coefficient (Wildman–Crippen LogP) is 6.29. The van der Waals surface area contributed by atoms with Gasteiger partial charge in [-0.15, -0.1) is 0 Å². The lowest BCUT2D eigenvalue weighted by molar-refractivity contribution is 0.355. The van der Waals surface area contributed by atoms with Crippen molar-refractivity contribution in [3.05, 3.63) is 83.9 Å². The van der Waals surface area contributed by atoms with Crippen LogP contribution in [0.3, 0.4) is 0 Å². The van der Waals surface area contributed by atoms with Crippen LogP contribution in [0.1, 0.15) is 11.1 Å². The van der Waals surface area contributed by atoms with Crippen molar-refractivity contribution in [3.63, 3.8) is 0 Å². The van der Waals surface area contributed by atoms with Crippen molar-refractivity contribution < 1.29 is 13.9 Å². The van der Waals surface area contributed by atoms with Gasteiger partial charge in [0, 0.05) is 10.9 Å². The average Bonchev–Trinajstić information content (AvgIpc) is 3.16. The molecule has 0 aliphatic carbocycles. The number of hydrogen-bond donors (Lipinski definition) is 0. The van der Waals surface area contributed by atoms with Gasteiger partial charge in [-0.1, -0.05) is 60.7 Å². The Hall–Kier alpha value is -3.46. The molecule has 0 aliphatic rings. The van der Waals surface area contributed by atoms with Crippen molar-refractivity contribution in [1.29, 1.82) is 0 Å². The van der Waals surface area contributed by atoms with E-state index in [0.717, 1.165) is 39.2 Å². The van der Waals surface area contributed by atoms with Gasteiger partial charge in [0.15, 0.2) is 11.5 Å². The summed E-state index contributed by atoms with van der Waals surface area (Å²) in [7, 11) is 3.27. The number of fused-ring (bicyclic) bond motifs is 1. The van der Waals surface area contributed by atoms with E-state index in [2.05, 4.69) is 42.5 Å². The summed E-state index contributed by atoms with van der Waals surface area (Å²) >= 11 is 0. The highest BCUT2D eigenvalue weighted by atomic mass is 16.5. The van der Waals surface area contributed by atoms with Crippen molar-refractivity contribution in [2.45, 2.75) is 0 Å². The Morgan fingerprint density at radius 1 is 0.704 bits per heavy atom. The normalized spacial score (nSPS) is 11.2. The predicted molar refractivity (Wildman–Crippen MR) is 110 cm³/mol. The molecule has 0 unspecified atom stereocenters. The zero-order valence-electron chi connectivity index (χ0n) is 15.3. The number of ether oxygens (including phenoxy) is 2. The standard InChI is InChI=1S/C24H20O3/c1-25-21-13-11-18(15-24(21)26-2)9-8-17-10-12-20-16-23(27-22(20)14-17)19-6-4-3-5-7-19/h3-16H,1-2H3/b9-8+. The van der Waals surface area contributed by atoms with Crippen LogP contribution >= 0.6 is 0 Å². The molecule has 0 aliphatic heterocycles. The molecule has 4 rings (SSSR count). The molecule has 0 saturated heterocycles. The average molecular weight is 356 g/mol. The van der Waals surface area contributed by atoms with E-state index >= 15 is 0 Å². The Bertz CT molecular complexity index is 1090. The van der Waals surface area contributed by atoms with Crippen LogP contribution in [0.15, 0.2) is 77.2 Å². The molecule has 3 heteroatoms. The number of hydrogen-bond acceptors (Lipinski definition) is 3. The van der Waals surface area contributed by atoms with Crippen LogP contribution in [0.5, 0.6) is 11.5 Å². The van der Waals surface area contributed by atoms with Gasteiger partial charge >= 0.3 is 0 Å². The van der Waals surface area contributed by atoms with Gasteiger partial charge < -0.3 is 13.9 Å². The lowest BCUT2D eigenvalue weighted by Crippen LogP contribution is -1.90. The Morgan fingerprint density at radius 2 is 1.41 bits per heavy atom. The minimum atomic E-state index is 0.716. The van der Waals surface area contributed by atoms with Gasteiger partial charge in [-0.25, -0.2) is 0 Å². The summed E-state index contributed by atoms with van der Waals surface area (Å²) in [5.41, 5.74) is 4.07. The monoisotopic (exact) mass is 356 g/mol. The van der Waals surface area contributed by atoms with Gasteiger partial charge in [0.2, 0.25) is 0 Å². The van der Waals surface area contributed by atoms with Crippen LogP contribution in [-0.4, -0.2) is 14.2 Å². The summed E-state index contributed by atoms with van der Waals surface area (Å²) < 4.78 is 16.7. The molecule has 0 saturated carbocycles. The van der Waals surface area contributed by atoms with Crippen molar-refractivity contribution >= 4 is 23.1 Å². The minimum absolute atomic E-state index is 0.716. The zero-order chi connectivity index (χ0) is 18.6. The first kappa shape index (κ1) is 17.0. The van der Waals surface area contributed by atoms with E-state index in [4.69, 9.17) is 13.9 Å². The van der Waals surface area contributed by atoms with Gasteiger partial charge in [-0.3, -0.25) is 0 Å². The molecule has 0 bridgehead atoms. The molecule has 3 nitrogen and oxygen atoms in total. The highest BCUT2D eigenvalue weighted by molar-refractivity contribution is 5.86. The fraction of sp³-hybridized carbons (Fsp3) is 0.0833. The van der Waals surface area contributed by atoms with Crippen LogP contribution < -0.4 is 9.47 Å². The van der Waals surface area contributed by atoms with E-state index in [-0.39, 0.29) is 0 Å². The van der Waals surface area contributed by atoms with Crippen molar-refractivity contribution in [2.24, 2.45) is 0 Å². The topological polar surface area (TPSA) is 31.6 Å². The SMILES string of the molecule is COc1ccc(/C=C/c2ccc3cc(-c4ccccc4)oc3c2)cc1OC. The molecule has 0 fully saturated rings. The van der Waals surface area contributed by atoms with Crippen LogP contribution in [0, 0.1) is 0 Å². The molecule has 0 N–H and O–H groups in total. The summed E-state index contributed by atoms with van der Waals surface area (Å²) in [5.74, 6) is 2.32. The minimum Gasteiger partial charge on any atom is -0.493 e.